The van der Waals surface area contributed by atoms with E-state index in [-0.39, 0.29) is 5.91 Å². The van der Waals surface area contributed by atoms with E-state index in [9.17, 15) is 4.79 Å². The molecule has 1 amide bonds. The van der Waals surface area contributed by atoms with E-state index in [1.807, 2.05) is 36.4 Å². The van der Waals surface area contributed by atoms with Gasteiger partial charge in [0, 0.05) is 13.0 Å². The molecule has 1 heterocycles. The van der Waals surface area contributed by atoms with Crippen LogP contribution in [0.1, 0.15) is 23.4 Å². The van der Waals surface area contributed by atoms with Crippen molar-refractivity contribution in [3.63, 3.8) is 0 Å². The second kappa shape index (κ2) is 9.06. The first-order chi connectivity index (χ1) is 15.8. The average Bonchev–Trinajstić information content (AvgIpc) is 3.19. The fourth-order valence-electron chi connectivity index (χ4n) is 4.13. The average molecular weight is 420 g/mol. The predicted molar refractivity (Wildman–Crippen MR) is 129 cm³/mol. The molecule has 5 aromatic rings. The maximum atomic E-state index is 12.5. The minimum absolute atomic E-state index is 0.0400. The number of hydrogen-bond acceptors (Lipinski definition) is 2. The molecule has 0 spiro atoms. The molecule has 0 saturated carbocycles. The second-order valence-electron chi connectivity index (χ2n) is 8.05. The number of amides is 1. The lowest BCUT2D eigenvalue weighted by Crippen LogP contribution is -2.25. The predicted octanol–water partition coefficient (Wildman–Crippen LogP) is 5.49. The van der Waals surface area contributed by atoms with Crippen LogP contribution in [0.4, 0.5) is 0 Å². The molecule has 0 aliphatic heterocycles. The molecular weight excluding hydrogens is 394 g/mol. The van der Waals surface area contributed by atoms with Gasteiger partial charge in [0.25, 0.3) is 0 Å². The second-order valence-corrected chi connectivity index (χ2v) is 8.05. The molecule has 0 aliphatic rings. The zero-order valence-corrected chi connectivity index (χ0v) is 17.9. The first kappa shape index (κ1) is 20.0. The third kappa shape index (κ3) is 4.40. The fourth-order valence-corrected chi connectivity index (χ4v) is 4.13. The summed E-state index contributed by atoms with van der Waals surface area (Å²) in [5.41, 5.74) is 4.41. The van der Waals surface area contributed by atoms with Crippen LogP contribution in [0, 0.1) is 0 Å². The smallest absolute Gasteiger partial charge is 0.220 e. The van der Waals surface area contributed by atoms with Crippen LogP contribution in [-0.2, 0) is 24.3 Å². The third-order valence-electron chi connectivity index (χ3n) is 5.82. The van der Waals surface area contributed by atoms with E-state index in [0.29, 0.717) is 19.5 Å². The number of para-hydroxylation sites is 2. The highest BCUT2D eigenvalue weighted by Crippen LogP contribution is 2.21. The van der Waals surface area contributed by atoms with Crippen molar-refractivity contribution in [1.29, 1.82) is 0 Å². The van der Waals surface area contributed by atoms with Crippen LogP contribution in [0.5, 0.6) is 0 Å². The molecular formula is C28H25N3O. The number of aryl methyl sites for hydroxylation is 1. The molecule has 4 nitrogen and oxygen atoms in total. The number of carbonyl (C=O) groups excluding carboxylic acids is 1. The van der Waals surface area contributed by atoms with E-state index < -0.39 is 0 Å². The number of benzene rings is 4. The number of nitrogens with zero attached hydrogens (tertiary/aromatic N) is 2. The summed E-state index contributed by atoms with van der Waals surface area (Å²) >= 11 is 0. The monoisotopic (exact) mass is 419 g/mol. The van der Waals surface area contributed by atoms with Crippen molar-refractivity contribution >= 4 is 27.7 Å². The van der Waals surface area contributed by atoms with E-state index in [2.05, 4.69) is 70.5 Å². The minimum atomic E-state index is 0.0400. The summed E-state index contributed by atoms with van der Waals surface area (Å²) in [4.78, 5) is 17.3. The molecule has 0 bridgehead atoms. The molecule has 5 rings (SSSR count). The van der Waals surface area contributed by atoms with Crippen molar-refractivity contribution in [1.82, 2.24) is 14.9 Å². The molecule has 4 aromatic carbocycles. The van der Waals surface area contributed by atoms with E-state index >= 15 is 0 Å². The number of aromatic nitrogens is 2. The van der Waals surface area contributed by atoms with Gasteiger partial charge in [0.2, 0.25) is 5.91 Å². The van der Waals surface area contributed by atoms with Gasteiger partial charge in [0.1, 0.15) is 5.82 Å². The molecule has 1 aromatic heterocycles. The number of fused-ring (bicyclic) bond motifs is 2. The lowest BCUT2D eigenvalue weighted by Gasteiger charge is -2.11. The summed E-state index contributed by atoms with van der Waals surface area (Å²) < 4.78 is 2.21. The van der Waals surface area contributed by atoms with E-state index in [1.165, 1.54) is 21.9 Å². The molecule has 32 heavy (non-hydrogen) atoms. The van der Waals surface area contributed by atoms with Gasteiger partial charge in [-0.1, -0.05) is 78.9 Å². The highest BCUT2D eigenvalue weighted by molar-refractivity contribution is 5.83. The summed E-state index contributed by atoms with van der Waals surface area (Å²) in [5.74, 6) is 0.908. The van der Waals surface area contributed by atoms with Gasteiger partial charge in [-0.3, -0.25) is 4.79 Å². The number of hydrogen-bond donors (Lipinski definition) is 1. The van der Waals surface area contributed by atoms with Crippen molar-refractivity contribution in [2.45, 2.75) is 25.9 Å². The van der Waals surface area contributed by atoms with Gasteiger partial charge in [-0.25, -0.2) is 4.98 Å². The summed E-state index contributed by atoms with van der Waals surface area (Å²) in [6.07, 6.45) is 1.20. The minimum Gasteiger partial charge on any atom is -0.349 e. The lowest BCUT2D eigenvalue weighted by molar-refractivity contribution is -0.121. The number of rotatable bonds is 7. The molecule has 158 valence electrons. The van der Waals surface area contributed by atoms with Crippen LogP contribution in [-0.4, -0.2) is 15.5 Å². The van der Waals surface area contributed by atoms with Crippen molar-refractivity contribution in [2.75, 3.05) is 0 Å². The highest BCUT2D eigenvalue weighted by atomic mass is 16.1. The SMILES string of the molecule is O=C(CCc1ccccc1)NCc1nc2ccccc2n1Cc1ccc2ccccc2c1. The molecule has 0 saturated heterocycles. The Hall–Kier alpha value is -3.92. The standard InChI is InChI=1S/C28H25N3O/c32-28(17-15-21-8-2-1-3-9-21)29-19-27-30-25-12-6-7-13-26(25)31(27)20-22-14-16-23-10-4-5-11-24(23)18-22/h1-14,16,18H,15,17,19-20H2,(H,29,32). The number of imidazole rings is 1. The van der Waals surface area contributed by atoms with Gasteiger partial charge < -0.3 is 9.88 Å². The van der Waals surface area contributed by atoms with Crippen molar-refractivity contribution in [3.8, 4) is 0 Å². The largest absolute Gasteiger partial charge is 0.349 e. The Morgan fingerprint density at radius 1 is 0.781 bits per heavy atom. The Labute approximate surface area is 187 Å². The maximum absolute atomic E-state index is 12.5. The summed E-state index contributed by atoms with van der Waals surface area (Å²) in [5, 5.41) is 5.52. The van der Waals surface area contributed by atoms with Crippen LogP contribution >= 0.6 is 0 Å². The van der Waals surface area contributed by atoms with Gasteiger partial charge in [0.05, 0.1) is 17.6 Å². The van der Waals surface area contributed by atoms with Crippen LogP contribution in [0.3, 0.4) is 0 Å². The Morgan fingerprint density at radius 2 is 1.53 bits per heavy atom. The zero-order chi connectivity index (χ0) is 21.8. The third-order valence-corrected chi connectivity index (χ3v) is 5.82. The van der Waals surface area contributed by atoms with E-state index in [1.54, 1.807) is 0 Å². The van der Waals surface area contributed by atoms with Crippen LogP contribution in [0.2, 0.25) is 0 Å². The van der Waals surface area contributed by atoms with Gasteiger partial charge in [-0.15, -0.1) is 0 Å². The zero-order valence-electron chi connectivity index (χ0n) is 17.9. The summed E-state index contributed by atoms with van der Waals surface area (Å²) in [7, 11) is 0. The normalized spacial score (nSPS) is 11.1. The van der Waals surface area contributed by atoms with E-state index in [0.717, 1.165) is 23.3 Å². The van der Waals surface area contributed by atoms with Gasteiger partial charge in [-0.05, 0) is 46.5 Å². The quantitative estimate of drug-likeness (QED) is 0.379. The Balaban J connectivity index is 1.34. The Bertz CT molecular complexity index is 1370. The fraction of sp³-hybridized carbons (Fsp3) is 0.143. The van der Waals surface area contributed by atoms with Crippen LogP contribution in [0.15, 0.2) is 97.1 Å². The van der Waals surface area contributed by atoms with Gasteiger partial charge >= 0.3 is 0 Å². The number of nitrogens with one attached hydrogen (secondary N) is 1. The molecule has 0 fully saturated rings. The maximum Gasteiger partial charge on any atom is 0.220 e. The Morgan fingerprint density at radius 3 is 2.41 bits per heavy atom. The first-order valence-corrected chi connectivity index (χ1v) is 11.0. The molecule has 0 atom stereocenters. The first-order valence-electron chi connectivity index (χ1n) is 11.0. The van der Waals surface area contributed by atoms with Gasteiger partial charge in [0.15, 0.2) is 0 Å². The number of carbonyl (C=O) groups is 1. The molecule has 4 heteroatoms. The topological polar surface area (TPSA) is 46.9 Å². The van der Waals surface area contributed by atoms with Crippen molar-refractivity contribution < 1.29 is 4.79 Å². The molecule has 1 N–H and O–H groups in total. The van der Waals surface area contributed by atoms with Gasteiger partial charge in [-0.2, -0.15) is 0 Å². The van der Waals surface area contributed by atoms with E-state index in [4.69, 9.17) is 4.98 Å². The van der Waals surface area contributed by atoms with Crippen LogP contribution < -0.4 is 5.32 Å². The van der Waals surface area contributed by atoms with Crippen molar-refractivity contribution in [3.05, 3.63) is 114 Å². The highest BCUT2D eigenvalue weighted by Gasteiger charge is 2.12. The molecule has 0 unspecified atom stereocenters. The Kier molecular flexibility index (Phi) is 5.67. The van der Waals surface area contributed by atoms with Crippen LogP contribution in [0.25, 0.3) is 21.8 Å². The summed E-state index contributed by atoms with van der Waals surface area (Å²) in [6, 6.07) is 33.2. The lowest BCUT2D eigenvalue weighted by atomic mass is 10.1. The molecule has 0 radical (unpaired) electrons. The van der Waals surface area contributed by atoms with Crippen molar-refractivity contribution in [2.24, 2.45) is 0 Å². The molecule has 0 aliphatic carbocycles. The summed E-state index contributed by atoms with van der Waals surface area (Å²) in [6.45, 7) is 1.12.